The van der Waals surface area contributed by atoms with Gasteiger partial charge in [-0.25, -0.2) is 9.59 Å². The second kappa shape index (κ2) is 16.5. The van der Waals surface area contributed by atoms with Crippen LogP contribution in [-0.2, 0) is 11.3 Å². The Morgan fingerprint density at radius 1 is 0.818 bits per heavy atom. The summed E-state index contributed by atoms with van der Waals surface area (Å²) in [6, 6.07) is 23.6. The van der Waals surface area contributed by atoms with Crippen molar-refractivity contribution >= 4 is 17.8 Å². The Morgan fingerprint density at radius 3 is 2.43 bits per heavy atom. The molecular weight excluding hydrogens is 558 g/mol. The maximum Gasteiger partial charge on any atom is 0.411 e. The van der Waals surface area contributed by atoms with Crippen molar-refractivity contribution in [3.8, 4) is 22.6 Å². The van der Waals surface area contributed by atoms with Crippen molar-refractivity contribution in [2.24, 2.45) is 0 Å². The van der Waals surface area contributed by atoms with E-state index in [1.807, 2.05) is 66.7 Å². The lowest BCUT2D eigenvalue weighted by Crippen LogP contribution is -2.44. The van der Waals surface area contributed by atoms with Gasteiger partial charge in [-0.05, 0) is 61.6 Å². The molecular formula is C34H43N5O5. The summed E-state index contributed by atoms with van der Waals surface area (Å²) in [5, 5.41) is 12.3. The van der Waals surface area contributed by atoms with Crippen LogP contribution < -0.4 is 30.7 Å². The molecule has 0 spiro atoms. The molecule has 234 valence electrons. The second-order valence-corrected chi connectivity index (χ2v) is 11.1. The molecule has 0 radical (unpaired) electrons. The van der Waals surface area contributed by atoms with Gasteiger partial charge >= 0.3 is 12.1 Å². The Labute approximate surface area is 259 Å². The zero-order valence-corrected chi connectivity index (χ0v) is 25.2. The molecule has 44 heavy (non-hydrogen) atoms. The molecule has 0 aromatic heterocycles. The maximum absolute atomic E-state index is 12.6. The van der Waals surface area contributed by atoms with Crippen molar-refractivity contribution in [2.75, 3.05) is 51.4 Å². The van der Waals surface area contributed by atoms with E-state index in [0.29, 0.717) is 19.9 Å². The topological polar surface area (TPSA) is 113 Å². The highest BCUT2D eigenvalue weighted by molar-refractivity contribution is 5.91. The number of benzene rings is 3. The molecule has 1 fully saturated rings. The van der Waals surface area contributed by atoms with Crippen molar-refractivity contribution in [1.82, 2.24) is 20.9 Å². The number of para-hydroxylation sites is 1. The first-order chi connectivity index (χ1) is 21.6. The molecule has 3 aromatic carbocycles. The van der Waals surface area contributed by atoms with Crippen molar-refractivity contribution in [3.05, 3.63) is 78.4 Å². The predicted molar refractivity (Wildman–Crippen MR) is 171 cm³/mol. The number of urea groups is 1. The fourth-order valence-corrected chi connectivity index (χ4v) is 5.43. The summed E-state index contributed by atoms with van der Waals surface area (Å²) in [6.07, 6.45) is 4.03. The quantitative estimate of drug-likeness (QED) is 0.184. The minimum atomic E-state index is -0.428. The van der Waals surface area contributed by atoms with Crippen LogP contribution in [0.15, 0.2) is 72.8 Å². The minimum absolute atomic E-state index is 0.120. The largest absolute Gasteiger partial charge is 0.454 e. The molecule has 5 rings (SSSR count). The molecule has 0 bridgehead atoms. The zero-order valence-electron chi connectivity index (χ0n) is 25.2. The summed E-state index contributed by atoms with van der Waals surface area (Å²) in [5.74, 6) is 1.62. The van der Waals surface area contributed by atoms with Crippen LogP contribution >= 0.6 is 0 Å². The molecule has 0 aliphatic carbocycles. The van der Waals surface area contributed by atoms with Crippen LogP contribution in [0, 0.1) is 0 Å². The number of hydrogen-bond donors (Lipinski definition) is 4. The highest BCUT2D eigenvalue weighted by Crippen LogP contribution is 2.32. The fraction of sp³-hybridized carbons (Fsp3) is 0.412. The minimum Gasteiger partial charge on any atom is -0.454 e. The van der Waals surface area contributed by atoms with Gasteiger partial charge in [0, 0.05) is 44.8 Å². The SMILES string of the molecule is O=C(NCCCCCNCc1ccc2c(c1)OCO2)NCCN1CCC(OC(=O)Nc2ccccc2-c2ccccc2)CC1. The standard InChI is InChI=1S/C34H43N5O5/c40-33(36-18-8-2-7-17-35-24-26-13-14-31-32(23-26)43-25-42-31)37-19-22-39-20-15-28(16-21-39)44-34(41)38-30-12-6-5-11-29(30)27-9-3-1-4-10-27/h1,3-6,9-14,23,28,35H,2,7-8,15-22,24-25H2,(H,38,41)(H2,36,37,40). The van der Waals surface area contributed by atoms with E-state index in [1.54, 1.807) is 0 Å². The third kappa shape index (κ3) is 9.62. The molecule has 2 aliphatic rings. The smallest absolute Gasteiger partial charge is 0.411 e. The number of hydrogen-bond acceptors (Lipinski definition) is 7. The van der Waals surface area contributed by atoms with Gasteiger partial charge in [-0.15, -0.1) is 0 Å². The monoisotopic (exact) mass is 601 g/mol. The highest BCUT2D eigenvalue weighted by Gasteiger charge is 2.22. The number of anilines is 1. The summed E-state index contributed by atoms with van der Waals surface area (Å²) in [5.41, 5.74) is 3.90. The molecule has 0 saturated carbocycles. The van der Waals surface area contributed by atoms with Crippen LogP contribution in [0.25, 0.3) is 11.1 Å². The predicted octanol–water partition coefficient (Wildman–Crippen LogP) is 5.35. The van der Waals surface area contributed by atoms with Crippen molar-refractivity contribution in [1.29, 1.82) is 0 Å². The van der Waals surface area contributed by atoms with E-state index >= 15 is 0 Å². The number of amides is 3. The fourth-order valence-electron chi connectivity index (χ4n) is 5.43. The Hall–Kier alpha value is -4.28. The lowest BCUT2D eigenvalue weighted by Gasteiger charge is -2.31. The van der Waals surface area contributed by atoms with Gasteiger partial charge in [-0.1, -0.05) is 61.0 Å². The molecule has 0 unspecified atom stereocenters. The van der Waals surface area contributed by atoms with Gasteiger partial charge in [-0.2, -0.15) is 0 Å². The Morgan fingerprint density at radius 2 is 1.57 bits per heavy atom. The number of nitrogens with zero attached hydrogens (tertiary/aromatic N) is 1. The van der Waals surface area contributed by atoms with Crippen LogP contribution in [0.5, 0.6) is 11.5 Å². The molecule has 2 heterocycles. The van der Waals surface area contributed by atoms with E-state index in [-0.39, 0.29) is 12.1 Å². The Bertz CT molecular complexity index is 1350. The van der Waals surface area contributed by atoms with Gasteiger partial charge in [0.1, 0.15) is 6.10 Å². The van der Waals surface area contributed by atoms with E-state index in [9.17, 15) is 9.59 Å². The van der Waals surface area contributed by atoms with Gasteiger partial charge < -0.3 is 35.1 Å². The number of ether oxygens (including phenoxy) is 3. The average Bonchev–Trinajstić information content (AvgIpc) is 3.52. The van der Waals surface area contributed by atoms with Crippen LogP contribution in [0.3, 0.4) is 0 Å². The van der Waals surface area contributed by atoms with Gasteiger partial charge in [0.05, 0.1) is 5.69 Å². The Balaban J connectivity index is 0.868. The molecule has 10 nitrogen and oxygen atoms in total. The van der Waals surface area contributed by atoms with Gasteiger partial charge in [0.2, 0.25) is 6.79 Å². The summed E-state index contributed by atoms with van der Waals surface area (Å²) in [6.45, 7) is 5.67. The zero-order chi connectivity index (χ0) is 30.4. The number of likely N-dealkylation sites (tertiary alicyclic amines) is 1. The van der Waals surface area contributed by atoms with Crippen LogP contribution in [0.1, 0.15) is 37.7 Å². The summed E-state index contributed by atoms with van der Waals surface area (Å²) in [7, 11) is 0. The number of carbonyl (C=O) groups excluding carboxylic acids is 2. The van der Waals surface area contributed by atoms with E-state index in [0.717, 1.165) is 93.1 Å². The van der Waals surface area contributed by atoms with Crippen molar-refractivity contribution in [3.63, 3.8) is 0 Å². The van der Waals surface area contributed by atoms with E-state index in [1.165, 1.54) is 5.56 Å². The lowest BCUT2D eigenvalue weighted by atomic mass is 10.0. The van der Waals surface area contributed by atoms with E-state index < -0.39 is 6.09 Å². The molecule has 10 heteroatoms. The summed E-state index contributed by atoms with van der Waals surface area (Å²) >= 11 is 0. The third-order valence-electron chi connectivity index (χ3n) is 7.85. The molecule has 1 saturated heterocycles. The van der Waals surface area contributed by atoms with Gasteiger partial charge in [0.15, 0.2) is 11.5 Å². The number of fused-ring (bicyclic) bond motifs is 1. The van der Waals surface area contributed by atoms with Crippen LogP contribution in [-0.4, -0.2) is 69.2 Å². The Kier molecular flexibility index (Phi) is 11.7. The second-order valence-electron chi connectivity index (χ2n) is 11.1. The third-order valence-corrected chi connectivity index (χ3v) is 7.85. The highest BCUT2D eigenvalue weighted by atomic mass is 16.7. The lowest BCUT2D eigenvalue weighted by molar-refractivity contribution is 0.0594. The van der Waals surface area contributed by atoms with Crippen LogP contribution in [0.4, 0.5) is 15.3 Å². The number of nitrogens with one attached hydrogen (secondary N) is 4. The number of carbonyl (C=O) groups is 2. The number of rotatable bonds is 14. The first kappa shape index (κ1) is 31.2. The normalized spacial score (nSPS) is 14.6. The van der Waals surface area contributed by atoms with Gasteiger partial charge in [-0.3, -0.25) is 5.32 Å². The molecule has 0 atom stereocenters. The van der Waals surface area contributed by atoms with Crippen molar-refractivity contribution < 1.29 is 23.8 Å². The van der Waals surface area contributed by atoms with Crippen LogP contribution in [0.2, 0.25) is 0 Å². The molecule has 3 aromatic rings. The number of unbranched alkanes of at least 4 members (excludes halogenated alkanes) is 2. The maximum atomic E-state index is 12.6. The van der Waals surface area contributed by atoms with E-state index in [2.05, 4.69) is 32.2 Å². The first-order valence-corrected chi connectivity index (χ1v) is 15.6. The van der Waals surface area contributed by atoms with Gasteiger partial charge in [0.25, 0.3) is 0 Å². The summed E-state index contributed by atoms with van der Waals surface area (Å²) in [4.78, 5) is 27.1. The molecule has 3 amide bonds. The first-order valence-electron chi connectivity index (χ1n) is 15.6. The van der Waals surface area contributed by atoms with E-state index in [4.69, 9.17) is 14.2 Å². The molecule has 4 N–H and O–H groups in total. The van der Waals surface area contributed by atoms with Crippen molar-refractivity contribution in [2.45, 2.75) is 44.8 Å². The molecule has 2 aliphatic heterocycles. The average molecular weight is 602 g/mol. The summed E-state index contributed by atoms with van der Waals surface area (Å²) < 4.78 is 16.5. The number of piperidine rings is 1.